The molecule has 0 spiro atoms. The Bertz CT molecular complexity index is 1820. The van der Waals surface area contributed by atoms with Crippen molar-refractivity contribution in [3.05, 3.63) is 99.1 Å². The number of rotatable bonds is 10. The van der Waals surface area contributed by atoms with E-state index in [1.54, 1.807) is 43.3 Å². The van der Waals surface area contributed by atoms with Crippen LogP contribution in [0.3, 0.4) is 0 Å². The first-order chi connectivity index (χ1) is 20.3. The average Bonchev–Trinajstić information content (AvgIpc) is 3.30. The van der Waals surface area contributed by atoms with Gasteiger partial charge in [-0.05, 0) is 56.9 Å². The van der Waals surface area contributed by atoms with E-state index in [4.69, 9.17) is 10.5 Å². The molecule has 3 aromatic heterocycles. The number of halogens is 4. The normalized spacial score (nSPS) is 12.5. The number of alkyl halides is 3. The fourth-order valence-corrected chi connectivity index (χ4v) is 4.30. The Morgan fingerprint density at radius 3 is 2.37 bits per heavy atom. The molecule has 0 unspecified atom stereocenters. The number of fused-ring (bicyclic) bond motifs is 1. The van der Waals surface area contributed by atoms with Crippen molar-refractivity contribution in [2.75, 3.05) is 26.9 Å². The number of nitrogens with zero attached hydrogens (tertiary/aromatic N) is 7. The molecule has 0 aliphatic rings. The maximum Gasteiger partial charge on any atom is 0.412 e. The van der Waals surface area contributed by atoms with E-state index in [0.29, 0.717) is 23.1 Å². The third-order valence-electron chi connectivity index (χ3n) is 6.27. The molecule has 4 aromatic rings. The second-order valence-electron chi connectivity index (χ2n) is 9.64. The molecule has 3 heterocycles. The molecule has 0 amide bonds. The lowest BCUT2D eigenvalue weighted by molar-refractivity contribution is -0.0943. The number of allylic oxidation sites excluding steroid dienone is 5. The van der Waals surface area contributed by atoms with Gasteiger partial charge in [0.1, 0.15) is 11.2 Å². The molecule has 15 heteroatoms. The molecule has 0 saturated carbocycles. The van der Waals surface area contributed by atoms with Crippen molar-refractivity contribution in [3.8, 4) is 17.4 Å². The Kier molecular flexibility index (Phi) is 8.94. The van der Waals surface area contributed by atoms with Crippen LogP contribution in [0.15, 0.2) is 82.2 Å². The second kappa shape index (κ2) is 12.4. The Labute approximate surface area is 242 Å². The van der Waals surface area contributed by atoms with Crippen LogP contribution in [0.5, 0.6) is 5.88 Å². The molecule has 0 saturated heterocycles. The summed E-state index contributed by atoms with van der Waals surface area (Å²) < 4.78 is 62.8. The highest BCUT2D eigenvalue weighted by atomic mass is 19.4. The maximum atomic E-state index is 14.0. The summed E-state index contributed by atoms with van der Waals surface area (Å²) in [6, 6.07) is 9.28. The quantitative estimate of drug-likeness (QED) is 0.166. The summed E-state index contributed by atoms with van der Waals surface area (Å²) in [7, 11) is 4.88. The van der Waals surface area contributed by atoms with Crippen LogP contribution < -0.4 is 21.7 Å². The van der Waals surface area contributed by atoms with Crippen LogP contribution in [0.1, 0.15) is 12.1 Å². The number of anilines is 1. The molecule has 0 atom stereocenters. The molecule has 0 aliphatic heterocycles. The fourth-order valence-electron chi connectivity index (χ4n) is 4.30. The van der Waals surface area contributed by atoms with Crippen LogP contribution in [0.2, 0.25) is 0 Å². The summed E-state index contributed by atoms with van der Waals surface area (Å²) in [6.45, 7) is 2.63. The van der Waals surface area contributed by atoms with E-state index in [1.807, 2.05) is 0 Å². The molecule has 2 N–H and O–H groups in total. The number of nitrogens with two attached hydrogens (primary N) is 1. The topological polar surface area (TPSA) is 126 Å². The number of methoxy groups -OCH3 is 1. The first kappa shape index (κ1) is 30.9. The third-order valence-corrected chi connectivity index (χ3v) is 6.27. The van der Waals surface area contributed by atoms with Crippen molar-refractivity contribution < 1.29 is 22.3 Å². The minimum Gasteiger partial charge on any atom is -0.480 e. The lowest BCUT2D eigenvalue weighted by atomic mass is 10.1. The molecule has 226 valence electrons. The van der Waals surface area contributed by atoms with Crippen LogP contribution in [0.4, 0.5) is 23.2 Å². The van der Waals surface area contributed by atoms with Gasteiger partial charge in [-0.15, -0.1) is 15.3 Å². The van der Waals surface area contributed by atoms with Gasteiger partial charge in [-0.2, -0.15) is 13.2 Å². The molecule has 11 nitrogen and oxygen atoms in total. The third kappa shape index (κ3) is 6.72. The summed E-state index contributed by atoms with van der Waals surface area (Å²) in [5.74, 6) is -0.977. The number of hydrogen-bond acceptors (Lipinski definition) is 8. The molecule has 4 rings (SSSR count). The predicted molar refractivity (Wildman–Crippen MR) is 153 cm³/mol. The van der Waals surface area contributed by atoms with Gasteiger partial charge in [-0.3, -0.25) is 9.36 Å². The van der Waals surface area contributed by atoms with Gasteiger partial charge in [0.15, 0.2) is 11.5 Å². The van der Waals surface area contributed by atoms with Crippen molar-refractivity contribution in [2.45, 2.75) is 25.7 Å². The maximum absolute atomic E-state index is 14.0. The average molecular weight is 601 g/mol. The highest BCUT2D eigenvalue weighted by molar-refractivity contribution is 5.79. The van der Waals surface area contributed by atoms with Gasteiger partial charge in [0, 0.05) is 30.4 Å². The zero-order valence-corrected chi connectivity index (χ0v) is 23.5. The Hall–Kier alpha value is -5.05. The molecule has 43 heavy (non-hydrogen) atoms. The van der Waals surface area contributed by atoms with Gasteiger partial charge in [0.05, 0.1) is 18.5 Å². The van der Waals surface area contributed by atoms with E-state index < -0.39 is 41.8 Å². The Morgan fingerprint density at radius 1 is 1.12 bits per heavy atom. The lowest BCUT2D eigenvalue weighted by Crippen LogP contribution is -2.40. The van der Waals surface area contributed by atoms with Crippen LogP contribution in [0, 0.1) is 0 Å². The first-order valence-corrected chi connectivity index (χ1v) is 12.8. The summed E-state index contributed by atoms with van der Waals surface area (Å²) in [6.07, 6.45) is -3.14. The zero-order valence-electron chi connectivity index (χ0n) is 23.5. The first-order valence-electron chi connectivity index (χ1n) is 12.8. The monoisotopic (exact) mass is 600 g/mol. The molecule has 0 fully saturated rings. The van der Waals surface area contributed by atoms with E-state index in [9.17, 15) is 27.2 Å². The number of ether oxygens (including phenoxy) is 1. The summed E-state index contributed by atoms with van der Waals surface area (Å²) >= 11 is 0. The molecular formula is C28H28F4N8O3. The van der Waals surface area contributed by atoms with Gasteiger partial charge in [-0.1, -0.05) is 18.7 Å². The summed E-state index contributed by atoms with van der Waals surface area (Å²) in [5, 5.41) is 12.3. The molecule has 0 aliphatic carbocycles. The van der Waals surface area contributed by atoms with E-state index in [2.05, 4.69) is 21.9 Å². The molecule has 0 radical (unpaired) electrons. The zero-order chi connectivity index (χ0) is 31.5. The smallest absolute Gasteiger partial charge is 0.412 e. The van der Waals surface area contributed by atoms with Crippen molar-refractivity contribution in [1.82, 2.24) is 34.0 Å². The summed E-state index contributed by atoms with van der Waals surface area (Å²) in [4.78, 5) is 29.6. The largest absolute Gasteiger partial charge is 0.480 e. The Morgan fingerprint density at radius 2 is 1.81 bits per heavy atom. The van der Waals surface area contributed by atoms with Gasteiger partial charge in [0.25, 0.3) is 5.56 Å². The van der Waals surface area contributed by atoms with Gasteiger partial charge >= 0.3 is 11.9 Å². The van der Waals surface area contributed by atoms with Crippen LogP contribution in [0.25, 0.3) is 22.5 Å². The highest BCUT2D eigenvalue weighted by Gasteiger charge is 2.33. The molecular weight excluding hydrogens is 572 g/mol. The second-order valence-corrected chi connectivity index (χ2v) is 9.64. The van der Waals surface area contributed by atoms with Crippen molar-refractivity contribution in [2.24, 2.45) is 0 Å². The molecule has 1 aromatic carbocycles. The lowest BCUT2D eigenvalue weighted by Gasteiger charge is -2.15. The van der Waals surface area contributed by atoms with E-state index >= 15 is 0 Å². The minimum atomic E-state index is -4.79. The highest BCUT2D eigenvalue weighted by Crippen LogP contribution is 2.29. The fraction of sp³-hybridized carbons (Fsp3) is 0.250. The van der Waals surface area contributed by atoms with Crippen LogP contribution in [-0.2, 0) is 13.1 Å². The van der Waals surface area contributed by atoms with Gasteiger partial charge < -0.3 is 15.4 Å². The minimum absolute atomic E-state index is 0.00564. The SMILES string of the molecule is C=C(F)/C=C\C=C(/CCn1c(=O)n(-c2ccc(OC)nn2)c(=O)c2c(CN(C)C)n(-c3ccc(N)cc3)nc21)C(F)(F)F. The Balaban J connectivity index is 2.02. The van der Waals surface area contributed by atoms with Crippen molar-refractivity contribution in [3.63, 3.8) is 0 Å². The predicted octanol–water partition coefficient (Wildman–Crippen LogP) is 3.70. The van der Waals surface area contributed by atoms with Gasteiger partial charge in [-0.25, -0.2) is 18.4 Å². The van der Waals surface area contributed by atoms with E-state index in [1.165, 1.54) is 23.9 Å². The summed E-state index contributed by atoms with van der Waals surface area (Å²) in [5.41, 5.74) is 4.25. The van der Waals surface area contributed by atoms with E-state index in [-0.39, 0.29) is 29.3 Å². The number of hydrogen-bond donors (Lipinski definition) is 1. The van der Waals surface area contributed by atoms with Crippen LogP contribution >= 0.6 is 0 Å². The van der Waals surface area contributed by atoms with E-state index in [0.717, 1.165) is 21.3 Å². The standard InChI is InChI=1S/C28H28F4N8O3/c1-17(29)6-5-7-18(28(30,31)32)14-15-38-25-24(26(41)39(27(38)42)22-12-13-23(43-4)35-34-22)21(16-37(2)3)40(36-25)20-10-8-19(33)9-11-20/h5-13H,1,14-16,33H2,2-4H3/b6-5-,18-7+. The number of nitrogen functional groups attached to an aromatic ring is 1. The number of benzene rings is 1. The van der Waals surface area contributed by atoms with Crippen molar-refractivity contribution >= 4 is 16.7 Å². The number of aromatic nitrogens is 6. The number of aryl methyl sites for hydroxylation is 1. The van der Waals surface area contributed by atoms with Gasteiger partial charge in [0.2, 0.25) is 5.88 Å². The van der Waals surface area contributed by atoms with Crippen LogP contribution in [-0.4, -0.2) is 61.4 Å². The van der Waals surface area contributed by atoms with Crippen molar-refractivity contribution in [1.29, 1.82) is 0 Å². The molecule has 0 bridgehead atoms.